The summed E-state index contributed by atoms with van der Waals surface area (Å²) in [5.41, 5.74) is 0. The first-order chi connectivity index (χ1) is 4.54. The Morgan fingerprint density at radius 3 is 2.40 bits per heavy atom. The summed E-state index contributed by atoms with van der Waals surface area (Å²) in [7, 11) is 0. The molecule has 0 aliphatic carbocycles. The van der Waals surface area contributed by atoms with Crippen LogP contribution in [0, 0.1) is 5.92 Å². The summed E-state index contributed by atoms with van der Waals surface area (Å²) < 4.78 is 5.02. The van der Waals surface area contributed by atoms with Gasteiger partial charge in [-0.3, -0.25) is 4.79 Å². The number of allylic oxidation sites excluding steroid dienone is 1. The Morgan fingerprint density at radius 1 is 1.60 bits per heavy atom. The van der Waals surface area contributed by atoms with E-state index in [2.05, 4.69) is 6.58 Å². The summed E-state index contributed by atoms with van der Waals surface area (Å²) in [5, 5.41) is 0. The lowest BCUT2D eigenvalue weighted by Gasteiger charge is -2.09. The summed E-state index contributed by atoms with van der Waals surface area (Å²) in [6.07, 6.45) is 0. The van der Waals surface area contributed by atoms with Crippen LogP contribution in [0.5, 0.6) is 0 Å². The number of ether oxygens (including phenoxy) is 1. The Morgan fingerprint density at radius 2 is 2.10 bits per heavy atom. The Balaban J connectivity index is 3.50. The normalized spacial score (nSPS) is 9.60. The van der Waals surface area contributed by atoms with Gasteiger partial charge in [-0.25, -0.2) is 0 Å². The maximum absolute atomic E-state index is 10.4. The minimum Gasteiger partial charge on any atom is -0.491 e. The molecule has 0 radical (unpaired) electrons. The third-order valence-electron chi connectivity index (χ3n) is 1.10. The van der Waals surface area contributed by atoms with Crippen LogP contribution < -0.4 is 0 Å². The van der Waals surface area contributed by atoms with Gasteiger partial charge in [-0.1, -0.05) is 20.4 Å². The van der Waals surface area contributed by atoms with Crippen molar-refractivity contribution in [1.82, 2.24) is 0 Å². The molecule has 0 amide bonds. The molecule has 0 aromatic carbocycles. The van der Waals surface area contributed by atoms with Gasteiger partial charge in [0.25, 0.3) is 0 Å². The predicted molar refractivity (Wildman–Crippen MR) is 40.6 cm³/mol. The maximum Gasteiger partial charge on any atom is 0.167 e. The molecule has 0 aromatic rings. The molecular weight excluding hydrogens is 128 g/mol. The molecule has 2 nitrogen and oxygen atoms in total. The molecule has 0 atom stereocenters. The van der Waals surface area contributed by atoms with Crippen molar-refractivity contribution in [2.75, 3.05) is 6.61 Å². The van der Waals surface area contributed by atoms with Gasteiger partial charge in [0.15, 0.2) is 5.78 Å². The van der Waals surface area contributed by atoms with Crippen LogP contribution in [0.15, 0.2) is 12.3 Å². The quantitative estimate of drug-likeness (QED) is 0.559. The van der Waals surface area contributed by atoms with E-state index in [0.29, 0.717) is 11.7 Å². The molecule has 0 spiro atoms. The van der Waals surface area contributed by atoms with Crippen LogP contribution in [0.4, 0.5) is 0 Å². The van der Waals surface area contributed by atoms with E-state index in [4.69, 9.17) is 4.74 Å². The highest BCUT2D eigenvalue weighted by atomic mass is 16.5. The average Bonchev–Trinajstić information content (AvgIpc) is 1.82. The molecule has 0 fully saturated rings. The third-order valence-corrected chi connectivity index (χ3v) is 1.10. The van der Waals surface area contributed by atoms with Crippen LogP contribution in [-0.2, 0) is 9.53 Å². The van der Waals surface area contributed by atoms with Gasteiger partial charge in [0.2, 0.25) is 0 Å². The average molecular weight is 142 g/mol. The van der Waals surface area contributed by atoms with Crippen LogP contribution >= 0.6 is 0 Å². The van der Waals surface area contributed by atoms with Crippen LogP contribution in [0.3, 0.4) is 0 Å². The largest absolute Gasteiger partial charge is 0.491 e. The number of Topliss-reactive ketones (excluding diaryl/α,β-unsaturated/α-hetero) is 1. The van der Waals surface area contributed by atoms with Crippen LogP contribution in [0.2, 0.25) is 0 Å². The van der Waals surface area contributed by atoms with Crippen molar-refractivity contribution >= 4 is 5.78 Å². The van der Waals surface area contributed by atoms with Crippen molar-refractivity contribution in [2.24, 2.45) is 5.92 Å². The van der Waals surface area contributed by atoms with Crippen molar-refractivity contribution in [2.45, 2.75) is 20.8 Å². The molecule has 0 saturated carbocycles. The topological polar surface area (TPSA) is 26.3 Å². The van der Waals surface area contributed by atoms with E-state index < -0.39 is 0 Å². The fourth-order valence-corrected chi connectivity index (χ4v) is 0.361. The van der Waals surface area contributed by atoms with Crippen molar-refractivity contribution < 1.29 is 9.53 Å². The van der Waals surface area contributed by atoms with Crippen molar-refractivity contribution in [3.8, 4) is 0 Å². The Hall–Kier alpha value is -0.790. The lowest BCUT2D eigenvalue weighted by molar-refractivity contribution is -0.120. The molecule has 0 bridgehead atoms. The zero-order chi connectivity index (χ0) is 8.15. The van der Waals surface area contributed by atoms with E-state index in [1.165, 1.54) is 6.92 Å². The van der Waals surface area contributed by atoms with Gasteiger partial charge in [-0.2, -0.15) is 0 Å². The molecule has 10 heavy (non-hydrogen) atoms. The molecule has 0 rings (SSSR count). The lowest BCUT2D eigenvalue weighted by atomic mass is 10.2. The van der Waals surface area contributed by atoms with Crippen LogP contribution in [0.1, 0.15) is 20.8 Å². The number of ketones is 1. The second-order valence-electron chi connectivity index (χ2n) is 2.61. The SMILES string of the molecule is C=C(OCC(C)=O)C(C)C. The van der Waals surface area contributed by atoms with Gasteiger partial charge >= 0.3 is 0 Å². The highest BCUT2D eigenvalue weighted by Gasteiger charge is 2.01. The highest BCUT2D eigenvalue weighted by Crippen LogP contribution is 2.06. The Bertz CT molecular complexity index is 136. The zero-order valence-corrected chi connectivity index (χ0v) is 6.81. The van der Waals surface area contributed by atoms with E-state index >= 15 is 0 Å². The number of carbonyl (C=O) groups excluding carboxylic acids is 1. The summed E-state index contributed by atoms with van der Waals surface area (Å²) in [6.45, 7) is 9.24. The second-order valence-corrected chi connectivity index (χ2v) is 2.61. The second kappa shape index (κ2) is 4.09. The molecular formula is C8H14O2. The van der Waals surface area contributed by atoms with Gasteiger partial charge in [0.1, 0.15) is 6.61 Å². The minimum atomic E-state index is 0.0294. The molecule has 0 heterocycles. The first kappa shape index (κ1) is 9.21. The summed E-state index contributed by atoms with van der Waals surface area (Å²) in [5.74, 6) is 0.997. The van der Waals surface area contributed by atoms with E-state index in [0.717, 1.165) is 0 Å². The van der Waals surface area contributed by atoms with Gasteiger partial charge < -0.3 is 4.74 Å². The molecule has 0 aromatic heterocycles. The number of carbonyl (C=O) groups is 1. The molecule has 0 N–H and O–H groups in total. The molecule has 58 valence electrons. The minimum absolute atomic E-state index is 0.0294. The summed E-state index contributed by atoms with van der Waals surface area (Å²) >= 11 is 0. The van der Waals surface area contributed by atoms with E-state index in [-0.39, 0.29) is 12.4 Å². The number of rotatable bonds is 4. The number of hydrogen-bond donors (Lipinski definition) is 0. The lowest BCUT2D eigenvalue weighted by Crippen LogP contribution is -2.06. The first-order valence-corrected chi connectivity index (χ1v) is 3.35. The van der Waals surface area contributed by atoms with Crippen LogP contribution in [0.25, 0.3) is 0 Å². The fraction of sp³-hybridized carbons (Fsp3) is 0.625. The first-order valence-electron chi connectivity index (χ1n) is 3.35. The third kappa shape index (κ3) is 4.13. The predicted octanol–water partition coefficient (Wildman–Crippen LogP) is 1.76. The smallest absolute Gasteiger partial charge is 0.167 e. The summed E-state index contributed by atoms with van der Waals surface area (Å²) in [4.78, 5) is 10.4. The monoisotopic (exact) mass is 142 g/mol. The fourth-order valence-electron chi connectivity index (χ4n) is 0.361. The van der Waals surface area contributed by atoms with Gasteiger partial charge in [0.05, 0.1) is 5.76 Å². The van der Waals surface area contributed by atoms with Crippen molar-refractivity contribution in [3.63, 3.8) is 0 Å². The zero-order valence-electron chi connectivity index (χ0n) is 6.81. The van der Waals surface area contributed by atoms with Crippen LogP contribution in [-0.4, -0.2) is 12.4 Å². The molecule has 0 saturated heterocycles. The summed E-state index contributed by atoms with van der Waals surface area (Å²) in [6, 6.07) is 0. The molecule has 0 aliphatic rings. The van der Waals surface area contributed by atoms with E-state index in [1.54, 1.807) is 0 Å². The molecule has 0 unspecified atom stereocenters. The van der Waals surface area contributed by atoms with Gasteiger partial charge in [0, 0.05) is 5.92 Å². The Kier molecular flexibility index (Phi) is 3.77. The Labute approximate surface area is 61.9 Å². The standard InChI is InChI=1S/C8H14O2/c1-6(2)8(4)10-5-7(3)9/h6H,4-5H2,1-3H3. The van der Waals surface area contributed by atoms with E-state index in [9.17, 15) is 4.79 Å². The molecule has 2 heteroatoms. The maximum atomic E-state index is 10.4. The molecule has 0 aliphatic heterocycles. The van der Waals surface area contributed by atoms with Crippen molar-refractivity contribution in [1.29, 1.82) is 0 Å². The number of hydrogen-bond acceptors (Lipinski definition) is 2. The van der Waals surface area contributed by atoms with Gasteiger partial charge in [-0.05, 0) is 6.92 Å². The van der Waals surface area contributed by atoms with Crippen molar-refractivity contribution in [3.05, 3.63) is 12.3 Å². The van der Waals surface area contributed by atoms with Gasteiger partial charge in [-0.15, -0.1) is 0 Å². The van der Waals surface area contributed by atoms with E-state index in [1.807, 2.05) is 13.8 Å². The highest BCUT2D eigenvalue weighted by molar-refractivity contribution is 5.76.